The Kier molecular flexibility index (Phi) is 5.52. The third kappa shape index (κ3) is 4.03. The predicted molar refractivity (Wildman–Crippen MR) is 79.4 cm³/mol. The lowest BCUT2D eigenvalue weighted by atomic mass is 10.1. The number of nitrogens with one attached hydrogen (secondary N) is 1. The van der Waals surface area contributed by atoms with Crippen LogP contribution in [0.4, 0.5) is 5.69 Å². The maximum atomic E-state index is 12.1. The smallest absolute Gasteiger partial charge is 0.238 e. The lowest BCUT2D eigenvalue weighted by molar-refractivity contribution is -0.119. The SMILES string of the molecule is CCC1COCCN1CC(=O)Nc1cccc(CN)c1. The third-order valence-electron chi connectivity index (χ3n) is 3.61. The van der Waals surface area contributed by atoms with Gasteiger partial charge in [0.05, 0.1) is 19.8 Å². The Morgan fingerprint density at radius 1 is 1.55 bits per heavy atom. The monoisotopic (exact) mass is 277 g/mol. The van der Waals surface area contributed by atoms with Crippen LogP contribution in [0.5, 0.6) is 0 Å². The average Bonchev–Trinajstić information content (AvgIpc) is 2.48. The number of rotatable bonds is 5. The van der Waals surface area contributed by atoms with Crippen LogP contribution in [-0.2, 0) is 16.1 Å². The summed E-state index contributed by atoms with van der Waals surface area (Å²) in [5.74, 6) is 0.0134. The zero-order valence-corrected chi connectivity index (χ0v) is 12.0. The van der Waals surface area contributed by atoms with E-state index in [4.69, 9.17) is 10.5 Å². The van der Waals surface area contributed by atoms with Gasteiger partial charge in [-0.25, -0.2) is 0 Å². The van der Waals surface area contributed by atoms with Crippen LogP contribution in [-0.4, -0.2) is 43.2 Å². The van der Waals surface area contributed by atoms with E-state index in [-0.39, 0.29) is 5.91 Å². The summed E-state index contributed by atoms with van der Waals surface area (Å²) in [5.41, 5.74) is 7.42. The molecule has 0 radical (unpaired) electrons. The van der Waals surface area contributed by atoms with E-state index in [2.05, 4.69) is 17.1 Å². The molecule has 1 atom stereocenters. The van der Waals surface area contributed by atoms with Crippen LogP contribution in [0.3, 0.4) is 0 Å². The second-order valence-electron chi connectivity index (χ2n) is 5.06. The Hall–Kier alpha value is -1.43. The molecular formula is C15H23N3O2. The quantitative estimate of drug-likeness (QED) is 0.848. The minimum atomic E-state index is 0.0134. The molecule has 0 saturated carbocycles. The van der Waals surface area contributed by atoms with Gasteiger partial charge in [-0.05, 0) is 24.1 Å². The van der Waals surface area contributed by atoms with Gasteiger partial charge < -0.3 is 15.8 Å². The van der Waals surface area contributed by atoms with E-state index >= 15 is 0 Å². The van der Waals surface area contributed by atoms with Gasteiger partial charge in [0.25, 0.3) is 0 Å². The Balaban J connectivity index is 1.90. The Bertz CT molecular complexity index is 450. The van der Waals surface area contributed by atoms with E-state index in [9.17, 15) is 4.79 Å². The van der Waals surface area contributed by atoms with Gasteiger partial charge in [-0.3, -0.25) is 9.69 Å². The second kappa shape index (κ2) is 7.38. The largest absolute Gasteiger partial charge is 0.378 e. The van der Waals surface area contributed by atoms with Gasteiger partial charge in [0.15, 0.2) is 0 Å². The molecule has 1 heterocycles. The van der Waals surface area contributed by atoms with Gasteiger partial charge in [-0.2, -0.15) is 0 Å². The highest BCUT2D eigenvalue weighted by Crippen LogP contribution is 2.12. The Morgan fingerprint density at radius 2 is 2.40 bits per heavy atom. The molecule has 0 bridgehead atoms. The summed E-state index contributed by atoms with van der Waals surface area (Å²) in [7, 11) is 0. The van der Waals surface area contributed by atoms with Gasteiger partial charge in [0, 0.05) is 24.8 Å². The maximum Gasteiger partial charge on any atom is 0.238 e. The van der Waals surface area contributed by atoms with Crippen LogP contribution in [0.15, 0.2) is 24.3 Å². The molecule has 1 aromatic carbocycles. The lowest BCUT2D eigenvalue weighted by Gasteiger charge is -2.34. The summed E-state index contributed by atoms with van der Waals surface area (Å²) >= 11 is 0. The van der Waals surface area contributed by atoms with E-state index < -0.39 is 0 Å². The van der Waals surface area contributed by atoms with E-state index in [0.29, 0.717) is 32.3 Å². The number of morpholine rings is 1. The molecule has 1 unspecified atom stereocenters. The number of amides is 1. The first-order valence-electron chi connectivity index (χ1n) is 7.13. The molecule has 1 aliphatic rings. The highest BCUT2D eigenvalue weighted by molar-refractivity contribution is 5.92. The third-order valence-corrected chi connectivity index (χ3v) is 3.61. The molecule has 1 saturated heterocycles. The summed E-state index contributed by atoms with van der Waals surface area (Å²) in [4.78, 5) is 14.3. The molecule has 1 aromatic rings. The van der Waals surface area contributed by atoms with Crippen molar-refractivity contribution in [2.45, 2.75) is 25.9 Å². The van der Waals surface area contributed by atoms with Crippen molar-refractivity contribution in [1.82, 2.24) is 4.90 Å². The van der Waals surface area contributed by atoms with Crippen molar-refractivity contribution < 1.29 is 9.53 Å². The van der Waals surface area contributed by atoms with E-state index in [1.54, 1.807) is 0 Å². The predicted octanol–water partition coefficient (Wildman–Crippen LogP) is 1.19. The standard InChI is InChI=1S/C15H23N3O2/c1-2-14-11-20-7-6-18(14)10-15(19)17-13-5-3-4-12(8-13)9-16/h3-5,8,14H,2,6-7,9-11,16H2,1H3,(H,17,19). The van der Waals surface area contributed by atoms with Crippen molar-refractivity contribution in [3.8, 4) is 0 Å². The summed E-state index contributed by atoms with van der Waals surface area (Å²) in [6, 6.07) is 7.99. The lowest BCUT2D eigenvalue weighted by Crippen LogP contribution is -2.48. The van der Waals surface area contributed by atoms with Gasteiger partial charge in [0.2, 0.25) is 5.91 Å². The van der Waals surface area contributed by atoms with E-state index in [1.165, 1.54) is 0 Å². The first-order valence-corrected chi connectivity index (χ1v) is 7.13. The molecule has 0 aromatic heterocycles. The number of anilines is 1. The number of benzene rings is 1. The number of nitrogens with two attached hydrogens (primary N) is 1. The van der Waals surface area contributed by atoms with Crippen LogP contribution in [0.25, 0.3) is 0 Å². The molecule has 5 nitrogen and oxygen atoms in total. The van der Waals surface area contributed by atoms with Gasteiger partial charge in [-0.15, -0.1) is 0 Å². The summed E-state index contributed by atoms with van der Waals surface area (Å²) in [6.07, 6.45) is 0.996. The second-order valence-corrected chi connectivity index (χ2v) is 5.06. The minimum Gasteiger partial charge on any atom is -0.378 e. The Labute approximate surface area is 120 Å². The van der Waals surface area contributed by atoms with Crippen LogP contribution in [0.1, 0.15) is 18.9 Å². The molecule has 0 spiro atoms. The van der Waals surface area contributed by atoms with Crippen LogP contribution in [0, 0.1) is 0 Å². The minimum absolute atomic E-state index is 0.0134. The molecule has 5 heteroatoms. The summed E-state index contributed by atoms with van der Waals surface area (Å²) in [5, 5.41) is 2.93. The van der Waals surface area contributed by atoms with E-state index in [1.807, 2.05) is 24.3 Å². The number of hydrogen-bond donors (Lipinski definition) is 2. The zero-order chi connectivity index (χ0) is 14.4. The van der Waals surface area contributed by atoms with Crippen molar-refractivity contribution in [2.75, 3.05) is 31.6 Å². The van der Waals surface area contributed by atoms with Gasteiger partial charge in [0.1, 0.15) is 0 Å². The Morgan fingerprint density at radius 3 is 3.15 bits per heavy atom. The van der Waals surface area contributed by atoms with Crippen molar-refractivity contribution >= 4 is 11.6 Å². The molecule has 0 aliphatic carbocycles. The highest BCUT2D eigenvalue weighted by atomic mass is 16.5. The number of ether oxygens (including phenoxy) is 1. The van der Waals surface area contributed by atoms with Crippen molar-refractivity contribution in [2.24, 2.45) is 5.73 Å². The molecule has 20 heavy (non-hydrogen) atoms. The molecule has 3 N–H and O–H groups in total. The number of carbonyl (C=O) groups is 1. The molecule has 1 fully saturated rings. The average molecular weight is 277 g/mol. The fraction of sp³-hybridized carbons (Fsp3) is 0.533. The zero-order valence-electron chi connectivity index (χ0n) is 12.0. The van der Waals surface area contributed by atoms with Crippen molar-refractivity contribution in [3.05, 3.63) is 29.8 Å². The van der Waals surface area contributed by atoms with Crippen LogP contribution < -0.4 is 11.1 Å². The first kappa shape index (κ1) is 15.0. The van der Waals surface area contributed by atoms with Gasteiger partial charge >= 0.3 is 0 Å². The molecule has 110 valence electrons. The van der Waals surface area contributed by atoms with Crippen molar-refractivity contribution in [1.29, 1.82) is 0 Å². The normalized spacial score (nSPS) is 19.8. The van der Waals surface area contributed by atoms with Crippen LogP contribution >= 0.6 is 0 Å². The number of hydrogen-bond acceptors (Lipinski definition) is 4. The number of nitrogens with zero attached hydrogens (tertiary/aromatic N) is 1. The summed E-state index contributed by atoms with van der Waals surface area (Å²) in [6.45, 7) is 5.24. The fourth-order valence-corrected chi connectivity index (χ4v) is 2.43. The molecule has 1 aliphatic heterocycles. The first-order chi connectivity index (χ1) is 9.72. The van der Waals surface area contributed by atoms with Gasteiger partial charge in [-0.1, -0.05) is 19.1 Å². The topological polar surface area (TPSA) is 67.6 Å². The number of carbonyl (C=O) groups excluding carboxylic acids is 1. The molecule has 1 amide bonds. The van der Waals surface area contributed by atoms with Crippen molar-refractivity contribution in [3.63, 3.8) is 0 Å². The maximum absolute atomic E-state index is 12.1. The van der Waals surface area contributed by atoms with Crippen LogP contribution in [0.2, 0.25) is 0 Å². The summed E-state index contributed by atoms with van der Waals surface area (Å²) < 4.78 is 5.45. The molecule has 2 rings (SSSR count). The highest BCUT2D eigenvalue weighted by Gasteiger charge is 2.23. The molecular weight excluding hydrogens is 254 g/mol. The fourth-order valence-electron chi connectivity index (χ4n) is 2.43. The van der Waals surface area contributed by atoms with E-state index in [0.717, 1.165) is 24.2 Å².